The number of aliphatic hydroxyl groups excluding tert-OH is 1. The molecule has 3 aliphatic rings. The summed E-state index contributed by atoms with van der Waals surface area (Å²) in [5.41, 5.74) is 0.302. The smallest absolute Gasteiger partial charge is 0.133 e. The summed E-state index contributed by atoms with van der Waals surface area (Å²) in [5.74, 6) is 4.07. The van der Waals surface area contributed by atoms with Gasteiger partial charge in [-0.15, -0.1) is 0 Å². The fourth-order valence-electron chi connectivity index (χ4n) is 6.18. The van der Waals surface area contributed by atoms with Gasteiger partial charge in [-0.3, -0.25) is 4.79 Å². The van der Waals surface area contributed by atoms with Crippen molar-refractivity contribution in [1.29, 1.82) is 0 Å². The topological polar surface area (TPSA) is 37.3 Å². The number of fused-ring (bicyclic) bond motifs is 3. The quantitative estimate of drug-likeness (QED) is 0.852. The highest BCUT2D eigenvalue weighted by Crippen LogP contribution is 2.62. The van der Waals surface area contributed by atoms with Crippen LogP contribution in [0.5, 0.6) is 0 Å². The van der Waals surface area contributed by atoms with Gasteiger partial charge in [0.2, 0.25) is 0 Å². The first-order chi connectivity index (χ1) is 9.56. The lowest BCUT2D eigenvalue weighted by molar-refractivity contribution is -0.126. The van der Waals surface area contributed by atoms with Gasteiger partial charge in [0.05, 0.1) is 0 Å². The molecule has 3 aliphatic carbocycles. The lowest BCUT2D eigenvalue weighted by Crippen LogP contribution is -2.45. The summed E-state index contributed by atoms with van der Waals surface area (Å²) in [6, 6.07) is 0. The highest BCUT2D eigenvalue weighted by Gasteiger charge is 2.55. The molecule has 0 saturated heterocycles. The molecule has 3 rings (SSSR count). The first-order valence-electron chi connectivity index (χ1n) is 8.67. The molecule has 20 heavy (non-hydrogen) atoms. The highest BCUT2D eigenvalue weighted by atomic mass is 16.3. The Balaban J connectivity index is 1.73. The van der Waals surface area contributed by atoms with Crippen LogP contribution in [-0.4, -0.2) is 17.5 Å². The molecule has 0 aliphatic heterocycles. The van der Waals surface area contributed by atoms with Crippen molar-refractivity contribution in [1.82, 2.24) is 0 Å². The predicted molar refractivity (Wildman–Crippen MR) is 80.3 cm³/mol. The summed E-state index contributed by atoms with van der Waals surface area (Å²) in [7, 11) is 0. The second-order valence-corrected chi connectivity index (χ2v) is 8.01. The zero-order valence-electron chi connectivity index (χ0n) is 13.1. The van der Waals surface area contributed by atoms with Crippen LogP contribution in [0, 0.1) is 35.0 Å². The molecule has 114 valence electrons. The molecular weight excluding hydrogens is 248 g/mol. The van der Waals surface area contributed by atoms with E-state index in [9.17, 15) is 4.79 Å². The molecule has 0 bridgehead atoms. The summed E-state index contributed by atoms with van der Waals surface area (Å²) in [6.45, 7) is 4.57. The van der Waals surface area contributed by atoms with Gasteiger partial charge >= 0.3 is 0 Å². The maximum atomic E-state index is 12.0. The molecule has 2 nitrogen and oxygen atoms in total. The predicted octanol–water partition coefficient (Wildman–Crippen LogP) is 3.82. The third kappa shape index (κ3) is 2.24. The average molecular weight is 278 g/mol. The van der Waals surface area contributed by atoms with Crippen molar-refractivity contribution in [3.8, 4) is 0 Å². The normalized spacial score (nSPS) is 47.6. The zero-order valence-corrected chi connectivity index (χ0v) is 13.1. The molecule has 0 heterocycles. The van der Waals surface area contributed by atoms with E-state index in [0.717, 1.165) is 36.5 Å². The maximum Gasteiger partial charge on any atom is 0.133 e. The number of hydrogen-bond acceptors (Lipinski definition) is 2. The lowest BCUT2D eigenvalue weighted by Gasteiger charge is -2.51. The van der Waals surface area contributed by atoms with E-state index in [2.05, 4.69) is 6.92 Å². The van der Waals surface area contributed by atoms with Gasteiger partial charge < -0.3 is 5.11 Å². The molecule has 0 spiro atoms. The van der Waals surface area contributed by atoms with Gasteiger partial charge in [0.1, 0.15) is 5.78 Å². The van der Waals surface area contributed by atoms with Gasteiger partial charge in [0.25, 0.3) is 0 Å². The van der Waals surface area contributed by atoms with Crippen LogP contribution in [-0.2, 0) is 4.79 Å². The highest BCUT2D eigenvalue weighted by molar-refractivity contribution is 5.79. The SMILES string of the molecule is CC(=O)C1CCC2C3CC[C@H](CCO)CC3CC[C@]12C. The molecule has 0 radical (unpaired) electrons. The monoisotopic (exact) mass is 278 g/mol. The van der Waals surface area contributed by atoms with Gasteiger partial charge in [0.15, 0.2) is 0 Å². The molecule has 2 heteroatoms. The van der Waals surface area contributed by atoms with Crippen molar-refractivity contribution in [2.45, 2.75) is 65.2 Å². The van der Waals surface area contributed by atoms with Crippen molar-refractivity contribution in [2.24, 2.45) is 35.0 Å². The number of Topliss-reactive ketones (excluding diaryl/α,β-unsaturated/α-hetero) is 1. The van der Waals surface area contributed by atoms with E-state index in [1.54, 1.807) is 0 Å². The summed E-state index contributed by atoms with van der Waals surface area (Å²) in [5, 5.41) is 9.16. The summed E-state index contributed by atoms with van der Waals surface area (Å²) in [4.78, 5) is 12.0. The number of carbonyl (C=O) groups is 1. The average Bonchev–Trinajstić information content (AvgIpc) is 2.77. The molecule has 3 saturated carbocycles. The van der Waals surface area contributed by atoms with E-state index >= 15 is 0 Å². The van der Waals surface area contributed by atoms with E-state index in [1.807, 2.05) is 6.92 Å². The van der Waals surface area contributed by atoms with Gasteiger partial charge in [-0.25, -0.2) is 0 Å². The van der Waals surface area contributed by atoms with Crippen molar-refractivity contribution >= 4 is 5.78 Å². The molecular formula is C18H30O2. The fraction of sp³-hybridized carbons (Fsp3) is 0.944. The minimum absolute atomic E-state index is 0.302. The van der Waals surface area contributed by atoms with Crippen molar-refractivity contribution in [3.05, 3.63) is 0 Å². The zero-order chi connectivity index (χ0) is 14.3. The Labute approximate surface area is 123 Å². The Hall–Kier alpha value is -0.370. The van der Waals surface area contributed by atoms with Crippen LogP contribution in [0.3, 0.4) is 0 Å². The van der Waals surface area contributed by atoms with Crippen molar-refractivity contribution in [3.63, 3.8) is 0 Å². The Bertz CT molecular complexity index is 378. The van der Waals surface area contributed by atoms with Crippen LogP contribution in [0.4, 0.5) is 0 Å². The number of rotatable bonds is 3. The third-order valence-electron chi connectivity index (χ3n) is 7.16. The molecule has 0 aromatic rings. The van der Waals surface area contributed by atoms with E-state index in [1.165, 1.54) is 38.5 Å². The molecule has 6 atom stereocenters. The first-order valence-corrected chi connectivity index (χ1v) is 8.67. The number of hydrogen-bond donors (Lipinski definition) is 1. The molecule has 0 aromatic carbocycles. The largest absolute Gasteiger partial charge is 0.396 e. The van der Waals surface area contributed by atoms with Crippen LogP contribution >= 0.6 is 0 Å². The Morgan fingerprint density at radius 1 is 1.20 bits per heavy atom. The van der Waals surface area contributed by atoms with Gasteiger partial charge in [-0.2, -0.15) is 0 Å². The Morgan fingerprint density at radius 3 is 2.70 bits per heavy atom. The van der Waals surface area contributed by atoms with Gasteiger partial charge in [-0.1, -0.05) is 13.3 Å². The number of carbonyl (C=O) groups excluding carboxylic acids is 1. The minimum Gasteiger partial charge on any atom is -0.396 e. The first kappa shape index (κ1) is 14.6. The lowest BCUT2D eigenvalue weighted by atomic mass is 9.53. The van der Waals surface area contributed by atoms with Gasteiger partial charge in [-0.05, 0) is 81.0 Å². The molecule has 0 amide bonds. The van der Waals surface area contributed by atoms with Crippen LogP contribution in [0.1, 0.15) is 65.2 Å². The standard InChI is InChI=1S/C18H30O2/c1-12(20)16-5-6-17-15-4-3-13(8-10-19)11-14(15)7-9-18(16,17)2/h13-17,19H,3-11H2,1-2H3/t13-,14?,15?,16?,17?,18-/m1/s1. The van der Waals surface area contributed by atoms with Crippen molar-refractivity contribution < 1.29 is 9.90 Å². The van der Waals surface area contributed by atoms with Crippen LogP contribution in [0.2, 0.25) is 0 Å². The minimum atomic E-state index is 0.302. The van der Waals surface area contributed by atoms with Crippen LogP contribution in [0.15, 0.2) is 0 Å². The van der Waals surface area contributed by atoms with E-state index in [4.69, 9.17) is 5.11 Å². The van der Waals surface area contributed by atoms with E-state index < -0.39 is 0 Å². The second kappa shape index (κ2) is 5.44. The molecule has 0 aromatic heterocycles. The fourth-order valence-corrected chi connectivity index (χ4v) is 6.18. The van der Waals surface area contributed by atoms with Gasteiger partial charge in [0, 0.05) is 12.5 Å². The third-order valence-corrected chi connectivity index (χ3v) is 7.16. The maximum absolute atomic E-state index is 12.0. The molecule has 3 fully saturated rings. The van der Waals surface area contributed by atoms with Crippen molar-refractivity contribution in [2.75, 3.05) is 6.61 Å². The van der Waals surface area contributed by atoms with E-state index in [-0.39, 0.29) is 0 Å². The molecule has 1 N–H and O–H groups in total. The Kier molecular flexibility index (Phi) is 3.96. The summed E-state index contributed by atoms with van der Waals surface area (Å²) in [6.07, 6.45) is 9.99. The molecule has 4 unspecified atom stereocenters. The summed E-state index contributed by atoms with van der Waals surface area (Å²) < 4.78 is 0. The Morgan fingerprint density at radius 2 is 2.00 bits per heavy atom. The number of aliphatic hydroxyl groups is 1. The summed E-state index contributed by atoms with van der Waals surface area (Å²) >= 11 is 0. The second-order valence-electron chi connectivity index (χ2n) is 8.01. The van der Waals surface area contributed by atoms with Crippen LogP contribution < -0.4 is 0 Å². The van der Waals surface area contributed by atoms with Crippen LogP contribution in [0.25, 0.3) is 0 Å². The van der Waals surface area contributed by atoms with E-state index in [0.29, 0.717) is 23.7 Å². The number of ketones is 1.